The van der Waals surface area contributed by atoms with E-state index in [0.717, 1.165) is 0 Å². The van der Waals surface area contributed by atoms with Gasteiger partial charge in [-0.15, -0.1) is 0 Å². The Kier molecular flexibility index (Phi) is 3.85. The second-order valence-corrected chi connectivity index (χ2v) is 5.55. The van der Waals surface area contributed by atoms with Crippen molar-refractivity contribution in [2.75, 3.05) is 0 Å². The first-order valence-corrected chi connectivity index (χ1v) is 4.20. The summed E-state index contributed by atoms with van der Waals surface area (Å²) in [5.74, 6) is 0. The molecule has 0 radical (unpaired) electrons. The molecule has 11 heavy (non-hydrogen) atoms. The van der Waals surface area contributed by atoms with Gasteiger partial charge in [0.1, 0.15) is 6.42 Å². The van der Waals surface area contributed by atoms with Crippen molar-refractivity contribution in [3.8, 4) is 0 Å². The van der Waals surface area contributed by atoms with Crippen LogP contribution in [0.2, 0.25) is 0 Å². The van der Waals surface area contributed by atoms with Gasteiger partial charge in [0.25, 0.3) is 0 Å². The monoisotopic (exact) mass is 285 g/mol. The highest BCUT2D eigenvalue weighted by atomic mass is 79.9. The van der Waals surface area contributed by atoms with Crippen molar-refractivity contribution in [2.24, 2.45) is 0 Å². The molecule has 1 unspecified atom stereocenters. The summed E-state index contributed by atoms with van der Waals surface area (Å²) in [7, 11) is 0. The van der Waals surface area contributed by atoms with Crippen LogP contribution < -0.4 is 0 Å². The van der Waals surface area contributed by atoms with Gasteiger partial charge in [0, 0.05) is 15.9 Å². The summed E-state index contributed by atoms with van der Waals surface area (Å²) in [5.41, 5.74) is 0. The molecular weight excluding hydrogens is 284 g/mol. The minimum atomic E-state index is -2.38. The molecule has 1 N–H and O–H groups in total. The molecule has 0 fully saturated rings. The summed E-state index contributed by atoms with van der Waals surface area (Å²) >= 11 is 18.0. The molecule has 0 aliphatic rings. The Morgan fingerprint density at radius 1 is 1.55 bits per heavy atom. The van der Waals surface area contributed by atoms with Gasteiger partial charge in [0.05, 0.1) is 4.92 Å². The topological polar surface area (TPSA) is 63.4 Å². The van der Waals surface area contributed by atoms with Crippen molar-refractivity contribution >= 4 is 50.7 Å². The standard InChI is InChI=1S/C3H3BrCl3NO3/c4-2(9,8(10)11)1-3(5,6)7/h9H,1H2. The molecule has 4 nitrogen and oxygen atoms in total. The fraction of sp³-hybridized carbons (Fsp3) is 1.00. The number of nitro groups is 1. The third kappa shape index (κ3) is 5.03. The summed E-state index contributed by atoms with van der Waals surface area (Å²) in [6.45, 7) is 0. The number of aliphatic hydroxyl groups is 1. The largest absolute Gasteiger partial charge is 0.382 e. The first-order valence-electron chi connectivity index (χ1n) is 2.28. The van der Waals surface area contributed by atoms with Gasteiger partial charge < -0.3 is 5.11 Å². The minimum absolute atomic E-state index is 0.627. The van der Waals surface area contributed by atoms with Gasteiger partial charge in [0.15, 0.2) is 0 Å². The Morgan fingerprint density at radius 2 is 1.91 bits per heavy atom. The van der Waals surface area contributed by atoms with Crippen molar-refractivity contribution in [2.45, 2.75) is 14.8 Å². The molecule has 0 aliphatic heterocycles. The average molecular weight is 287 g/mol. The molecule has 0 aromatic rings. The number of nitrogens with zero attached hydrogens (tertiary/aromatic N) is 1. The van der Waals surface area contributed by atoms with E-state index in [9.17, 15) is 10.1 Å². The SMILES string of the molecule is O=[N+]([O-])C(O)(Br)CC(Cl)(Cl)Cl. The Hall–Kier alpha value is 0.710. The van der Waals surface area contributed by atoms with E-state index in [2.05, 4.69) is 15.9 Å². The number of rotatable bonds is 2. The van der Waals surface area contributed by atoms with Gasteiger partial charge in [-0.05, 0) is 0 Å². The molecule has 1 atom stereocenters. The summed E-state index contributed by atoms with van der Waals surface area (Å²) < 4.78 is -4.23. The number of hydrogen-bond donors (Lipinski definition) is 1. The molecule has 0 amide bonds. The van der Waals surface area contributed by atoms with Gasteiger partial charge in [0.2, 0.25) is 3.79 Å². The van der Waals surface area contributed by atoms with E-state index in [1.807, 2.05) is 0 Å². The van der Waals surface area contributed by atoms with E-state index in [1.54, 1.807) is 0 Å². The van der Waals surface area contributed by atoms with Crippen LogP contribution in [0.25, 0.3) is 0 Å². The van der Waals surface area contributed by atoms with E-state index in [1.165, 1.54) is 0 Å². The molecule has 8 heteroatoms. The van der Waals surface area contributed by atoms with Gasteiger partial charge in [-0.25, -0.2) is 0 Å². The second-order valence-electron chi connectivity index (χ2n) is 1.77. The molecule has 0 saturated carbocycles. The third-order valence-corrected chi connectivity index (χ3v) is 1.68. The van der Waals surface area contributed by atoms with E-state index in [0.29, 0.717) is 0 Å². The lowest BCUT2D eigenvalue weighted by Crippen LogP contribution is -2.35. The van der Waals surface area contributed by atoms with Crippen LogP contribution in [0.15, 0.2) is 0 Å². The van der Waals surface area contributed by atoms with Crippen molar-refractivity contribution in [3.05, 3.63) is 10.1 Å². The molecule has 66 valence electrons. The molecule has 0 saturated heterocycles. The third-order valence-electron chi connectivity index (χ3n) is 0.705. The van der Waals surface area contributed by atoms with Crippen LogP contribution in [-0.2, 0) is 0 Å². The zero-order valence-corrected chi connectivity index (χ0v) is 8.78. The molecule has 0 aromatic carbocycles. The lowest BCUT2D eigenvalue weighted by molar-refractivity contribution is -0.586. The molecule has 0 aliphatic carbocycles. The Balaban J connectivity index is 4.25. The maximum absolute atomic E-state index is 10.0. The van der Waals surface area contributed by atoms with Gasteiger partial charge in [-0.3, -0.25) is 10.1 Å². The van der Waals surface area contributed by atoms with Crippen molar-refractivity contribution in [1.82, 2.24) is 0 Å². The molecule has 0 rings (SSSR count). The van der Waals surface area contributed by atoms with Gasteiger partial charge in [-0.2, -0.15) is 0 Å². The van der Waals surface area contributed by atoms with E-state index < -0.39 is 19.8 Å². The average Bonchev–Trinajstić information content (AvgIpc) is 1.56. The van der Waals surface area contributed by atoms with Crippen LogP contribution in [0.4, 0.5) is 0 Å². The van der Waals surface area contributed by atoms with E-state index >= 15 is 0 Å². The van der Waals surface area contributed by atoms with Crippen molar-refractivity contribution in [3.63, 3.8) is 0 Å². The predicted octanol–water partition coefficient (Wildman–Crippen LogP) is 2.06. The lowest BCUT2D eigenvalue weighted by atomic mass is 10.4. The Labute approximate surface area is 85.7 Å². The maximum atomic E-state index is 10.0. The number of hydrogen-bond acceptors (Lipinski definition) is 3. The highest BCUT2D eigenvalue weighted by Gasteiger charge is 2.44. The second kappa shape index (κ2) is 3.62. The smallest absolute Gasteiger partial charge is 0.321 e. The first-order chi connectivity index (χ1) is 4.65. The Morgan fingerprint density at radius 3 is 2.00 bits per heavy atom. The van der Waals surface area contributed by atoms with E-state index in [4.69, 9.17) is 39.9 Å². The van der Waals surface area contributed by atoms with Crippen LogP contribution in [-0.4, -0.2) is 18.5 Å². The van der Waals surface area contributed by atoms with Crippen LogP contribution >= 0.6 is 50.7 Å². The fourth-order valence-electron chi connectivity index (χ4n) is 0.320. The molecule has 0 spiro atoms. The lowest BCUT2D eigenvalue weighted by Gasteiger charge is -2.16. The minimum Gasteiger partial charge on any atom is -0.321 e. The van der Waals surface area contributed by atoms with Crippen molar-refractivity contribution in [1.29, 1.82) is 0 Å². The quantitative estimate of drug-likeness (QED) is 0.278. The normalized spacial score (nSPS) is 17.5. The first kappa shape index (κ1) is 11.7. The molecule has 0 aromatic heterocycles. The molecular formula is C3H3BrCl3NO3. The molecule has 0 heterocycles. The van der Waals surface area contributed by atoms with Crippen LogP contribution in [0.3, 0.4) is 0 Å². The predicted molar refractivity (Wildman–Crippen MR) is 45.8 cm³/mol. The van der Waals surface area contributed by atoms with Gasteiger partial charge in [-0.1, -0.05) is 34.8 Å². The zero-order chi connectivity index (χ0) is 9.28. The van der Waals surface area contributed by atoms with Crippen molar-refractivity contribution < 1.29 is 10.0 Å². The number of alkyl halides is 4. The summed E-state index contributed by atoms with van der Waals surface area (Å²) in [5, 5.41) is 18.9. The number of halogens is 4. The molecule has 0 bridgehead atoms. The van der Waals surface area contributed by atoms with Crippen LogP contribution in [0.1, 0.15) is 6.42 Å². The van der Waals surface area contributed by atoms with E-state index in [-0.39, 0.29) is 0 Å². The maximum Gasteiger partial charge on any atom is 0.382 e. The van der Waals surface area contributed by atoms with Crippen LogP contribution in [0.5, 0.6) is 0 Å². The summed E-state index contributed by atoms with van der Waals surface area (Å²) in [4.78, 5) is 9.04. The zero-order valence-electron chi connectivity index (χ0n) is 4.93. The van der Waals surface area contributed by atoms with Gasteiger partial charge >= 0.3 is 4.63 Å². The van der Waals surface area contributed by atoms with Crippen LogP contribution in [0, 0.1) is 10.1 Å². The fourth-order valence-corrected chi connectivity index (χ4v) is 1.78. The summed E-state index contributed by atoms with van der Waals surface area (Å²) in [6, 6.07) is 0. The highest BCUT2D eigenvalue weighted by Crippen LogP contribution is 2.37. The summed E-state index contributed by atoms with van der Waals surface area (Å²) in [6.07, 6.45) is -0.627. The highest BCUT2D eigenvalue weighted by molar-refractivity contribution is 9.09. The Bertz CT molecular complexity index is 168.